The van der Waals surface area contributed by atoms with Gasteiger partial charge in [-0.15, -0.1) is 5.10 Å². The van der Waals surface area contributed by atoms with Gasteiger partial charge in [-0.05, 0) is 29.8 Å². The van der Waals surface area contributed by atoms with Crippen molar-refractivity contribution in [2.24, 2.45) is 0 Å². The van der Waals surface area contributed by atoms with Gasteiger partial charge in [-0.25, -0.2) is 4.68 Å². The smallest absolute Gasteiger partial charge is 0.138 e. The average molecular weight is 210 g/mol. The Bertz CT molecular complexity index is 254. The lowest BCUT2D eigenvalue weighted by Crippen LogP contribution is -2.43. The quantitative estimate of drug-likeness (QED) is 0.655. The summed E-state index contributed by atoms with van der Waals surface area (Å²) in [7, 11) is 0. The fourth-order valence-corrected chi connectivity index (χ4v) is 1.83. The van der Waals surface area contributed by atoms with E-state index >= 15 is 0 Å². The van der Waals surface area contributed by atoms with Crippen LogP contribution < -0.4 is 5.32 Å². The van der Waals surface area contributed by atoms with Crippen molar-refractivity contribution >= 4 is 0 Å². The molecular formula is C9H18N6. The molecule has 15 heavy (non-hydrogen) atoms. The molecule has 0 bridgehead atoms. The minimum Gasteiger partial charge on any atom is -0.314 e. The normalized spacial score (nSPS) is 18.1. The molecule has 84 valence electrons. The average Bonchev–Trinajstić information content (AvgIpc) is 2.79. The predicted octanol–water partition coefficient (Wildman–Crippen LogP) is -0.641. The van der Waals surface area contributed by atoms with Crippen LogP contribution >= 0.6 is 0 Å². The summed E-state index contributed by atoms with van der Waals surface area (Å²) in [5, 5.41) is 14.4. The highest BCUT2D eigenvalue weighted by Gasteiger charge is 2.07. The van der Waals surface area contributed by atoms with E-state index in [4.69, 9.17) is 0 Å². The monoisotopic (exact) mass is 210 g/mol. The highest BCUT2D eigenvalue weighted by molar-refractivity contribution is 4.67. The van der Waals surface area contributed by atoms with E-state index in [9.17, 15) is 0 Å². The van der Waals surface area contributed by atoms with Crippen molar-refractivity contribution in [3.63, 3.8) is 0 Å². The zero-order chi connectivity index (χ0) is 10.3. The molecule has 0 spiro atoms. The van der Waals surface area contributed by atoms with E-state index in [1.807, 2.05) is 0 Å². The van der Waals surface area contributed by atoms with Gasteiger partial charge in [0, 0.05) is 32.7 Å². The molecule has 1 saturated heterocycles. The van der Waals surface area contributed by atoms with Gasteiger partial charge in [0.15, 0.2) is 0 Å². The lowest BCUT2D eigenvalue weighted by molar-refractivity contribution is 0.235. The van der Waals surface area contributed by atoms with E-state index in [1.165, 1.54) is 26.1 Å². The van der Waals surface area contributed by atoms with E-state index in [0.29, 0.717) is 0 Å². The molecule has 2 heterocycles. The lowest BCUT2D eigenvalue weighted by Gasteiger charge is -2.26. The number of aryl methyl sites for hydroxylation is 1. The van der Waals surface area contributed by atoms with Crippen LogP contribution in [0.2, 0.25) is 0 Å². The van der Waals surface area contributed by atoms with Crippen LogP contribution in [0.3, 0.4) is 0 Å². The van der Waals surface area contributed by atoms with Crippen molar-refractivity contribution in [1.29, 1.82) is 0 Å². The summed E-state index contributed by atoms with van der Waals surface area (Å²) in [5.74, 6) is 0. The number of nitrogens with one attached hydrogen (secondary N) is 1. The molecule has 0 saturated carbocycles. The van der Waals surface area contributed by atoms with Crippen molar-refractivity contribution in [3.05, 3.63) is 6.33 Å². The zero-order valence-corrected chi connectivity index (χ0v) is 8.97. The molecule has 6 nitrogen and oxygen atoms in total. The largest absolute Gasteiger partial charge is 0.314 e. The van der Waals surface area contributed by atoms with Crippen molar-refractivity contribution in [3.8, 4) is 0 Å². The Morgan fingerprint density at radius 2 is 1.93 bits per heavy atom. The third kappa shape index (κ3) is 3.56. The number of rotatable bonds is 5. The number of hydrogen-bond donors (Lipinski definition) is 1. The topological polar surface area (TPSA) is 58.9 Å². The minimum atomic E-state index is 0.930. The lowest BCUT2D eigenvalue weighted by atomic mass is 10.2. The number of nitrogens with zero attached hydrogens (tertiary/aromatic N) is 5. The number of piperazine rings is 1. The highest BCUT2D eigenvalue weighted by Crippen LogP contribution is 1.98. The molecule has 1 N–H and O–H groups in total. The SMILES string of the molecule is c1nnnn1CCCCN1CCNCC1. The van der Waals surface area contributed by atoms with Crippen molar-refractivity contribution < 1.29 is 0 Å². The summed E-state index contributed by atoms with van der Waals surface area (Å²) >= 11 is 0. The van der Waals surface area contributed by atoms with Gasteiger partial charge in [0.2, 0.25) is 0 Å². The molecule has 1 aromatic heterocycles. The third-order valence-electron chi connectivity index (χ3n) is 2.71. The number of aromatic nitrogens is 4. The van der Waals surface area contributed by atoms with Crippen molar-refractivity contribution in [1.82, 2.24) is 30.4 Å². The Morgan fingerprint density at radius 3 is 2.67 bits per heavy atom. The van der Waals surface area contributed by atoms with Crippen LogP contribution in [-0.4, -0.2) is 57.8 Å². The zero-order valence-electron chi connectivity index (χ0n) is 8.97. The Balaban J connectivity index is 1.54. The number of tetrazole rings is 1. The molecule has 0 aromatic carbocycles. The third-order valence-corrected chi connectivity index (χ3v) is 2.71. The van der Waals surface area contributed by atoms with Gasteiger partial charge < -0.3 is 10.2 Å². The first-order chi connectivity index (χ1) is 7.45. The molecule has 2 rings (SSSR count). The van der Waals surface area contributed by atoms with Gasteiger partial charge in [0.05, 0.1) is 0 Å². The van der Waals surface area contributed by atoms with E-state index in [0.717, 1.165) is 26.1 Å². The molecule has 6 heteroatoms. The van der Waals surface area contributed by atoms with Crippen LogP contribution in [0, 0.1) is 0 Å². The fourth-order valence-electron chi connectivity index (χ4n) is 1.83. The molecule has 0 unspecified atom stereocenters. The van der Waals surface area contributed by atoms with E-state index in [-0.39, 0.29) is 0 Å². The summed E-state index contributed by atoms with van der Waals surface area (Å²) < 4.78 is 1.79. The molecule has 1 aromatic rings. The second-order valence-corrected chi connectivity index (χ2v) is 3.87. The van der Waals surface area contributed by atoms with Crippen LogP contribution in [0.1, 0.15) is 12.8 Å². The Labute approximate surface area is 89.6 Å². The van der Waals surface area contributed by atoms with Crippen molar-refractivity contribution in [2.45, 2.75) is 19.4 Å². The van der Waals surface area contributed by atoms with E-state index in [1.54, 1.807) is 11.0 Å². The van der Waals surface area contributed by atoms with Crippen LogP contribution in [-0.2, 0) is 6.54 Å². The number of hydrogen-bond acceptors (Lipinski definition) is 5. The first-order valence-electron chi connectivity index (χ1n) is 5.59. The second-order valence-electron chi connectivity index (χ2n) is 3.87. The predicted molar refractivity (Wildman–Crippen MR) is 56.4 cm³/mol. The van der Waals surface area contributed by atoms with Gasteiger partial charge in [0.25, 0.3) is 0 Å². The van der Waals surface area contributed by atoms with Gasteiger partial charge >= 0.3 is 0 Å². The fraction of sp³-hybridized carbons (Fsp3) is 0.889. The Kier molecular flexibility index (Phi) is 4.04. The first-order valence-corrected chi connectivity index (χ1v) is 5.59. The van der Waals surface area contributed by atoms with E-state index in [2.05, 4.69) is 25.7 Å². The Morgan fingerprint density at radius 1 is 1.13 bits per heavy atom. The maximum Gasteiger partial charge on any atom is 0.138 e. The molecule has 1 aliphatic rings. The molecule has 0 aliphatic carbocycles. The maximum atomic E-state index is 3.83. The van der Waals surface area contributed by atoms with Crippen LogP contribution in [0.5, 0.6) is 0 Å². The Hall–Kier alpha value is -1.01. The van der Waals surface area contributed by atoms with Gasteiger partial charge in [-0.2, -0.15) is 0 Å². The first kappa shape index (κ1) is 10.5. The van der Waals surface area contributed by atoms with Gasteiger partial charge in [0.1, 0.15) is 6.33 Å². The summed E-state index contributed by atoms with van der Waals surface area (Å²) in [6.07, 6.45) is 4.04. The number of unbranched alkanes of at least 4 members (excludes halogenated alkanes) is 1. The van der Waals surface area contributed by atoms with Crippen molar-refractivity contribution in [2.75, 3.05) is 32.7 Å². The molecule has 1 fully saturated rings. The van der Waals surface area contributed by atoms with Gasteiger partial charge in [-0.1, -0.05) is 0 Å². The highest BCUT2D eigenvalue weighted by atomic mass is 15.5. The summed E-state index contributed by atoms with van der Waals surface area (Å²) in [4.78, 5) is 2.51. The molecule has 0 atom stereocenters. The standard InChI is InChI=1S/C9H18N6/c1(2-6-15-9-11-12-13-15)5-14-7-3-10-4-8-14/h9-10H,1-8H2. The molecular weight excluding hydrogens is 192 g/mol. The minimum absolute atomic E-state index is 0.930. The molecule has 1 aliphatic heterocycles. The van der Waals surface area contributed by atoms with E-state index < -0.39 is 0 Å². The van der Waals surface area contributed by atoms with Crippen LogP contribution in [0.4, 0.5) is 0 Å². The van der Waals surface area contributed by atoms with Gasteiger partial charge in [-0.3, -0.25) is 0 Å². The summed E-state index contributed by atoms with van der Waals surface area (Å²) in [6.45, 7) is 6.76. The molecule has 0 radical (unpaired) electrons. The molecule has 0 amide bonds. The second kappa shape index (κ2) is 5.77. The van der Waals surface area contributed by atoms with Crippen LogP contribution in [0.15, 0.2) is 6.33 Å². The summed E-state index contributed by atoms with van der Waals surface area (Å²) in [6, 6.07) is 0. The summed E-state index contributed by atoms with van der Waals surface area (Å²) in [5.41, 5.74) is 0. The maximum absolute atomic E-state index is 3.83. The van der Waals surface area contributed by atoms with Crippen LogP contribution in [0.25, 0.3) is 0 Å².